The van der Waals surface area contributed by atoms with Gasteiger partial charge in [0.25, 0.3) is 0 Å². The summed E-state index contributed by atoms with van der Waals surface area (Å²) in [5.74, 6) is 5.17. The van der Waals surface area contributed by atoms with E-state index in [-0.39, 0.29) is 24.3 Å². The van der Waals surface area contributed by atoms with Crippen LogP contribution in [0.25, 0.3) is 0 Å². The van der Waals surface area contributed by atoms with Crippen molar-refractivity contribution < 1.29 is 14.6 Å². The normalized spacial score (nSPS) is 27.0. The molecule has 0 amide bonds. The van der Waals surface area contributed by atoms with Crippen molar-refractivity contribution in [1.29, 1.82) is 0 Å². The quantitative estimate of drug-likeness (QED) is 0.0933. The number of aliphatic hydroxyl groups excluding tert-OH is 2. The molecule has 0 bridgehead atoms. The van der Waals surface area contributed by atoms with Crippen LogP contribution < -0.4 is 33.2 Å². The van der Waals surface area contributed by atoms with E-state index in [0.717, 1.165) is 61.4 Å². The van der Waals surface area contributed by atoms with E-state index in [1.165, 1.54) is 64.5 Å². The molecule has 1 saturated carbocycles. The fourth-order valence-electron chi connectivity index (χ4n) is 7.49. The van der Waals surface area contributed by atoms with Gasteiger partial charge in [0.2, 0.25) is 0 Å². The Hall–Kier alpha value is -0.390. The number of nitrogens with one attached hydrogen (secondary N) is 3. The lowest BCUT2D eigenvalue weighted by molar-refractivity contribution is 0.152. The van der Waals surface area contributed by atoms with Crippen molar-refractivity contribution in [2.45, 2.75) is 229 Å². The van der Waals surface area contributed by atoms with E-state index >= 15 is 0 Å². The fourth-order valence-corrected chi connectivity index (χ4v) is 7.49. The van der Waals surface area contributed by atoms with E-state index in [0.29, 0.717) is 36.4 Å². The highest BCUT2D eigenvalue weighted by atomic mass is 19.1. The molecule has 1 unspecified atom stereocenters. The lowest BCUT2D eigenvalue weighted by atomic mass is 9.92. The molecule has 54 heavy (non-hydrogen) atoms. The minimum atomic E-state index is -0.594. The van der Waals surface area contributed by atoms with Crippen LogP contribution >= 0.6 is 0 Å². The second-order valence-corrected chi connectivity index (χ2v) is 19.6. The number of rotatable bonds is 13. The van der Waals surface area contributed by atoms with Crippen molar-refractivity contribution in [2.75, 3.05) is 19.6 Å². The van der Waals surface area contributed by atoms with E-state index < -0.39 is 6.17 Å². The number of aliphatic hydroxyl groups is 2. The van der Waals surface area contributed by atoms with Gasteiger partial charge in [0.15, 0.2) is 0 Å². The molecule has 3 saturated heterocycles. The van der Waals surface area contributed by atoms with Crippen LogP contribution in [0.1, 0.15) is 174 Å². The third kappa shape index (κ3) is 32.7. The summed E-state index contributed by atoms with van der Waals surface area (Å²) in [7, 11) is 0. The molecule has 11 N–H and O–H groups in total. The summed E-state index contributed by atoms with van der Waals surface area (Å²) in [6.07, 6.45) is 13.2. The Balaban J connectivity index is 0. The number of hydrogen-bond donors (Lipinski definition) is 8. The van der Waals surface area contributed by atoms with Crippen molar-refractivity contribution in [1.82, 2.24) is 16.0 Å². The van der Waals surface area contributed by atoms with Crippen LogP contribution in [0.2, 0.25) is 0 Å². The summed E-state index contributed by atoms with van der Waals surface area (Å²) >= 11 is 0. The Bertz CT molecular complexity index is 787. The topological polar surface area (TPSA) is 155 Å². The lowest BCUT2D eigenvalue weighted by Gasteiger charge is -2.28. The summed E-state index contributed by atoms with van der Waals surface area (Å²) in [5.41, 5.74) is 17.0. The van der Waals surface area contributed by atoms with Crippen LogP contribution in [0.4, 0.5) is 4.39 Å². The third-order valence-corrected chi connectivity index (χ3v) is 10.7. The van der Waals surface area contributed by atoms with Gasteiger partial charge < -0.3 is 43.4 Å². The van der Waals surface area contributed by atoms with Crippen molar-refractivity contribution in [3.63, 3.8) is 0 Å². The van der Waals surface area contributed by atoms with Crippen LogP contribution in [-0.4, -0.2) is 84.5 Å². The summed E-state index contributed by atoms with van der Waals surface area (Å²) in [6, 6.07) is 2.54. The Morgan fingerprint density at radius 2 is 1.00 bits per heavy atom. The molecule has 3 heterocycles. The monoisotopic (exact) mass is 775 g/mol. The Morgan fingerprint density at radius 1 is 0.556 bits per heavy atom. The number of halogens is 1. The van der Waals surface area contributed by atoms with Crippen LogP contribution in [0.5, 0.6) is 0 Å². The largest absolute Gasteiger partial charge is 0.392 e. The summed E-state index contributed by atoms with van der Waals surface area (Å²) in [5, 5.41) is 27.9. The van der Waals surface area contributed by atoms with Gasteiger partial charge in [-0.25, -0.2) is 4.39 Å². The number of hydrogen-bond acceptors (Lipinski definition) is 8. The molecular weight excluding hydrogens is 676 g/mol. The number of alkyl halides is 1. The molecular formula is C45H99FN6O2. The first kappa shape index (κ1) is 55.7. The second kappa shape index (κ2) is 32.6. The smallest absolute Gasteiger partial charge is 0.114 e. The molecule has 0 aromatic carbocycles. The number of nitrogens with two attached hydrogens (primary N) is 3. The zero-order chi connectivity index (χ0) is 42.0. The van der Waals surface area contributed by atoms with Crippen molar-refractivity contribution >= 4 is 0 Å². The molecule has 4 fully saturated rings. The summed E-state index contributed by atoms with van der Waals surface area (Å²) < 4.78 is 12.6. The maximum Gasteiger partial charge on any atom is 0.114 e. The molecule has 0 spiro atoms. The summed E-state index contributed by atoms with van der Waals surface area (Å²) in [4.78, 5) is 0. The van der Waals surface area contributed by atoms with Crippen LogP contribution in [-0.2, 0) is 0 Å². The predicted molar refractivity (Wildman–Crippen MR) is 235 cm³/mol. The fraction of sp³-hybridized carbons (Fsp3) is 1.00. The molecule has 1 aliphatic carbocycles. The van der Waals surface area contributed by atoms with Gasteiger partial charge in [-0.15, -0.1) is 0 Å². The molecule has 328 valence electrons. The zero-order valence-electron chi connectivity index (χ0n) is 38.3. The molecule has 8 nitrogen and oxygen atoms in total. The van der Waals surface area contributed by atoms with Gasteiger partial charge in [-0.3, -0.25) is 0 Å². The highest BCUT2D eigenvalue weighted by Gasteiger charge is 2.26. The first-order valence-electron chi connectivity index (χ1n) is 22.5. The minimum Gasteiger partial charge on any atom is -0.392 e. The SMILES string of the molecule is CC(C)C[C@@H](N)[C@H](C)O.CC(C)C[C@@H]1CC(F)CN1.CC(C)C[C@@H]1CCCN1.CC(C)C[C@@H]1CCN1.CC(C)C[C@H](N)[C@@H](C)O.CC(C)[C@H]1CCC[C@H]1N. The Kier molecular flexibility index (Phi) is 33.6. The maximum absolute atomic E-state index is 12.6. The van der Waals surface area contributed by atoms with Gasteiger partial charge >= 0.3 is 0 Å². The van der Waals surface area contributed by atoms with Gasteiger partial charge in [0.1, 0.15) is 6.17 Å². The van der Waals surface area contributed by atoms with E-state index in [1.807, 2.05) is 0 Å². The summed E-state index contributed by atoms with van der Waals surface area (Å²) in [6.45, 7) is 33.0. The molecule has 9 heteroatoms. The highest BCUT2D eigenvalue weighted by Crippen LogP contribution is 2.29. The van der Waals surface area contributed by atoms with Crippen LogP contribution in [0.15, 0.2) is 0 Å². The Morgan fingerprint density at radius 3 is 1.22 bits per heavy atom. The average molecular weight is 775 g/mol. The van der Waals surface area contributed by atoms with Crippen molar-refractivity contribution in [2.24, 2.45) is 58.6 Å². The third-order valence-electron chi connectivity index (χ3n) is 10.7. The highest BCUT2D eigenvalue weighted by molar-refractivity contribution is 4.83. The maximum atomic E-state index is 12.6. The second-order valence-electron chi connectivity index (χ2n) is 19.6. The van der Waals surface area contributed by atoms with Crippen LogP contribution in [0, 0.1) is 41.4 Å². The van der Waals surface area contributed by atoms with Crippen LogP contribution in [0.3, 0.4) is 0 Å². The molecule has 0 aromatic heterocycles. The van der Waals surface area contributed by atoms with Gasteiger partial charge in [-0.05, 0) is 139 Å². The zero-order valence-corrected chi connectivity index (χ0v) is 38.3. The average Bonchev–Trinajstić information content (AvgIpc) is 3.78. The van der Waals surface area contributed by atoms with Gasteiger partial charge in [0.05, 0.1) is 12.2 Å². The van der Waals surface area contributed by atoms with E-state index in [2.05, 4.69) is 99.0 Å². The molecule has 4 rings (SSSR count). The van der Waals surface area contributed by atoms with Gasteiger partial charge in [-0.1, -0.05) is 89.5 Å². The van der Waals surface area contributed by atoms with E-state index in [1.54, 1.807) is 13.8 Å². The first-order valence-corrected chi connectivity index (χ1v) is 22.5. The van der Waals surface area contributed by atoms with E-state index in [9.17, 15) is 4.39 Å². The first-order chi connectivity index (χ1) is 25.0. The molecule has 3 aliphatic heterocycles. The molecule has 10 atom stereocenters. The lowest BCUT2D eigenvalue weighted by Crippen LogP contribution is -2.43. The van der Waals surface area contributed by atoms with E-state index in [4.69, 9.17) is 27.4 Å². The van der Waals surface area contributed by atoms with Gasteiger partial charge in [-0.2, -0.15) is 0 Å². The predicted octanol–water partition coefficient (Wildman–Crippen LogP) is 8.16. The minimum absolute atomic E-state index is 0.0509. The van der Waals surface area contributed by atoms with Gasteiger partial charge in [0, 0.05) is 42.8 Å². The molecule has 0 radical (unpaired) electrons. The molecule has 4 aliphatic rings. The molecule has 0 aromatic rings. The Labute approximate surface area is 336 Å². The standard InChI is InChI=1S/C8H16FN.2C8H17N.2C7H17NO.C7H15N/c1-6(2)3-8-4-7(9)5-10-8;1-7(2)6-8-4-3-5-9-8;1-6(2)7-4-3-5-8(7)9;2*1-5(2)4-7(8)6(3)9;1-6(2)5-7-3-4-8-7/h6-8,10H,3-5H2,1-2H3;7-9H,3-6H2,1-2H3;6-8H,3-5,9H2,1-2H3;2*5-7,9H,4,8H2,1-3H3;6-8H,3-5H2,1-2H3/t7?,8-;8-;7-,8-;2*6-,7+;7-/m101100/s1. The van der Waals surface area contributed by atoms with Crippen molar-refractivity contribution in [3.05, 3.63) is 0 Å². The van der Waals surface area contributed by atoms with Crippen molar-refractivity contribution in [3.8, 4) is 0 Å².